The van der Waals surface area contributed by atoms with Gasteiger partial charge in [0.2, 0.25) is 0 Å². The van der Waals surface area contributed by atoms with E-state index in [0.717, 1.165) is 61.2 Å². The van der Waals surface area contributed by atoms with Crippen LogP contribution in [-0.2, 0) is 20.1 Å². The van der Waals surface area contributed by atoms with Crippen LogP contribution < -0.4 is 5.19 Å². The second-order valence-electron chi connectivity index (χ2n) is 15.4. The third kappa shape index (κ3) is 7.40. The Bertz CT molecular complexity index is 2610. The van der Waals surface area contributed by atoms with E-state index in [1.165, 1.54) is 33.7 Å². The fourth-order valence-corrected chi connectivity index (χ4v) is 8.57. The van der Waals surface area contributed by atoms with Crippen molar-refractivity contribution in [3.63, 3.8) is 0 Å². The Labute approximate surface area is 328 Å². The Morgan fingerprint density at radius 2 is 1.62 bits per heavy atom. The fourth-order valence-electron chi connectivity index (χ4n) is 6.99. The predicted octanol–water partition coefficient (Wildman–Crippen LogP) is 12.6. The van der Waals surface area contributed by atoms with Crippen LogP contribution in [0.4, 0.5) is 4.39 Å². The number of hydrogen-bond acceptors (Lipinski definition) is 3. The van der Waals surface area contributed by atoms with Gasteiger partial charge in [-0.25, -0.2) is 0 Å². The van der Waals surface area contributed by atoms with E-state index in [9.17, 15) is 4.39 Å². The van der Waals surface area contributed by atoms with Crippen LogP contribution in [0.5, 0.6) is 0 Å². The SMILES string of the molecule is CC(C)c1ccc2c(c1)oc1c(-c3nc4c5ccccc5ccc4n3C(C)C)[c-]ccc12.[2H]C(C)(C)c1cc(-c2[c-]cc(F)cc2)ncc1[Si](C)(C)C.[Ir]. The molecular formula is C46H46FIrN3OSi-2. The predicted molar refractivity (Wildman–Crippen MR) is 219 cm³/mol. The van der Waals surface area contributed by atoms with E-state index < -0.39 is 14.0 Å². The summed E-state index contributed by atoms with van der Waals surface area (Å²) < 4.78 is 30.2. The van der Waals surface area contributed by atoms with E-state index in [0.29, 0.717) is 5.92 Å². The van der Waals surface area contributed by atoms with Gasteiger partial charge in [-0.15, -0.1) is 48.0 Å². The Balaban J connectivity index is 0.000000198. The molecule has 3 heterocycles. The Hall–Kier alpha value is -4.42. The van der Waals surface area contributed by atoms with Gasteiger partial charge < -0.3 is 14.0 Å². The molecule has 5 aromatic carbocycles. The molecule has 0 amide bonds. The van der Waals surface area contributed by atoms with Crippen LogP contribution in [0.15, 0.2) is 102 Å². The minimum atomic E-state index is -1.57. The maximum atomic E-state index is 13.0. The summed E-state index contributed by atoms with van der Waals surface area (Å²) in [6.07, 6.45) is 1.89. The summed E-state index contributed by atoms with van der Waals surface area (Å²) in [7, 11) is -1.57. The van der Waals surface area contributed by atoms with Crippen molar-refractivity contribution in [1.82, 2.24) is 14.5 Å². The van der Waals surface area contributed by atoms with Gasteiger partial charge in [0.15, 0.2) is 0 Å². The molecule has 1 radical (unpaired) electrons. The van der Waals surface area contributed by atoms with Gasteiger partial charge in [-0.1, -0.05) is 112 Å². The molecule has 0 fully saturated rings. The molecule has 4 nitrogen and oxygen atoms in total. The van der Waals surface area contributed by atoms with Crippen molar-refractivity contribution in [2.24, 2.45) is 0 Å². The largest absolute Gasteiger partial charge is 0.501 e. The Morgan fingerprint density at radius 1 is 0.849 bits per heavy atom. The van der Waals surface area contributed by atoms with Gasteiger partial charge in [-0.3, -0.25) is 9.37 Å². The van der Waals surface area contributed by atoms with Gasteiger partial charge in [0.25, 0.3) is 0 Å². The summed E-state index contributed by atoms with van der Waals surface area (Å²) in [5.41, 5.74) is 8.63. The van der Waals surface area contributed by atoms with Crippen LogP contribution in [0.1, 0.15) is 71.9 Å². The third-order valence-corrected chi connectivity index (χ3v) is 11.8. The number of aromatic nitrogens is 3. The van der Waals surface area contributed by atoms with Crippen LogP contribution in [-0.4, -0.2) is 22.6 Å². The summed E-state index contributed by atoms with van der Waals surface area (Å²) in [5, 5.41) is 5.82. The molecule has 3 aromatic heterocycles. The molecule has 0 spiro atoms. The van der Waals surface area contributed by atoms with Gasteiger partial charge >= 0.3 is 0 Å². The average Bonchev–Trinajstić information content (AvgIpc) is 3.70. The molecule has 7 heteroatoms. The number of benzene rings is 5. The van der Waals surface area contributed by atoms with Crippen LogP contribution in [0.25, 0.3) is 66.4 Å². The van der Waals surface area contributed by atoms with E-state index in [-0.39, 0.29) is 32.0 Å². The molecule has 0 saturated heterocycles. The van der Waals surface area contributed by atoms with E-state index >= 15 is 0 Å². The van der Waals surface area contributed by atoms with Crippen molar-refractivity contribution < 1.29 is 30.3 Å². The molecule has 0 unspecified atom stereocenters. The molecule has 8 aromatic rings. The second-order valence-corrected chi connectivity index (χ2v) is 20.5. The normalized spacial score (nSPS) is 12.4. The summed E-state index contributed by atoms with van der Waals surface area (Å²) >= 11 is 0. The van der Waals surface area contributed by atoms with Gasteiger partial charge in [0, 0.05) is 50.3 Å². The zero-order chi connectivity index (χ0) is 37.8. The monoisotopic (exact) mass is 897 g/mol. The average molecular weight is 897 g/mol. The number of nitrogens with zero attached hydrogens (tertiary/aromatic N) is 3. The molecule has 0 saturated carbocycles. The molecule has 0 aliphatic rings. The molecular weight excluding hydrogens is 850 g/mol. The molecule has 0 N–H and O–H groups in total. The number of halogens is 1. The number of fused-ring (bicyclic) bond motifs is 6. The number of furan rings is 1. The van der Waals surface area contributed by atoms with Gasteiger partial charge in [-0.2, -0.15) is 0 Å². The number of pyridine rings is 1. The minimum Gasteiger partial charge on any atom is -0.501 e. The summed E-state index contributed by atoms with van der Waals surface area (Å²) in [4.78, 5) is 9.69. The molecule has 0 aliphatic heterocycles. The van der Waals surface area contributed by atoms with E-state index in [1.54, 1.807) is 6.07 Å². The van der Waals surface area contributed by atoms with E-state index in [2.05, 4.69) is 130 Å². The Kier molecular flexibility index (Phi) is 10.5. The van der Waals surface area contributed by atoms with Crippen molar-refractivity contribution in [3.05, 3.63) is 126 Å². The smallest absolute Gasteiger partial charge is 0.121 e. The van der Waals surface area contributed by atoms with Crippen molar-refractivity contribution in [2.45, 2.75) is 79.0 Å². The first-order valence-corrected chi connectivity index (χ1v) is 21.6. The van der Waals surface area contributed by atoms with Crippen LogP contribution >= 0.6 is 0 Å². The molecule has 53 heavy (non-hydrogen) atoms. The zero-order valence-corrected chi connectivity index (χ0v) is 35.2. The van der Waals surface area contributed by atoms with Crippen molar-refractivity contribution in [3.8, 4) is 22.6 Å². The first-order chi connectivity index (χ1) is 25.1. The maximum Gasteiger partial charge on any atom is 0.121 e. The maximum absolute atomic E-state index is 13.0. The molecule has 0 atom stereocenters. The molecule has 0 aliphatic carbocycles. The van der Waals surface area contributed by atoms with Crippen LogP contribution in [0, 0.1) is 17.9 Å². The molecule has 0 bridgehead atoms. The van der Waals surface area contributed by atoms with Crippen molar-refractivity contribution in [1.29, 1.82) is 0 Å². The summed E-state index contributed by atoms with van der Waals surface area (Å²) in [5.74, 6) is 0.364. The number of rotatable bonds is 6. The van der Waals surface area contributed by atoms with Crippen LogP contribution in [0.3, 0.4) is 0 Å². The fraction of sp³-hybridized carbons (Fsp3) is 0.261. The zero-order valence-electron chi connectivity index (χ0n) is 32.9. The van der Waals surface area contributed by atoms with Crippen molar-refractivity contribution in [2.75, 3.05) is 0 Å². The molecule has 8 rings (SSSR count). The first kappa shape index (κ1) is 36.9. The Morgan fingerprint density at radius 3 is 2.30 bits per heavy atom. The van der Waals surface area contributed by atoms with E-state index in [1.807, 2.05) is 32.2 Å². The van der Waals surface area contributed by atoms with Crippen LogP contribution in [0.2, 0.25) is 19.6 Å². The molecule has 273 valence electrons. The summed E-state index contributed by atoms with van der Waals surface area (Å²) in [6.45, 7) is 19.4. The number of imidazole rings is 1. The van der Waals surface area contributed by atoms with Gasteiger partial charge in [0.05, 0.1) is 30.5 Å². The first-order valence-electron chi connectivity index (χ1n) is 18.6. The van der Waals surface area contributed by atoms with E-state index in [4.69, 9.17) is 10.8 Å². The van der Waals surface area contributed by atoms with Gasteiger partial charge in [-0.05, 0) is 59.6 Å². The topological polar surface area (TPSA) is 43.9 Å². The quantitative estimate of drug-likeness (QED) is 0.123. The number of hydrogen-bond donors (Lipinski definition) is 0. The second kappa shape index (κ2) is 15.1. The van der Waals surface area contributed by atoms with Gasteiger partial charge in [0.1, 0.15) is 5.58 Å². The van der Waals surface area contributed by atoms with Crippen molar-refractivity contribution >= 4 is 57.0 Å². The third-order valence-electron chi connectivity index (χ3n) is 9.75. The standard InChI is InChI=1S/C29H25N2O.C17H21FNSi.Ir/c1-17(2)20-12-14-22-23-10-7-11-24(28(23)32-26(22)16-20)29-30-27-21-9-6-5-8-19(21)13-15-25(27)31(29)18(3)4;1-12(2)15-10-16(13-6-8-14(18)9-7-13)19-11-17(15)20(3,4)5;/h5-10,12-18H,1-4H3;6,8-12H,1-5H3;/q2*-1;/i;12D;. The summed E-state index contributed by atoms with van der Waals surface area (Å²) in [6, 6.07) is 36.4. The minimum absolute atomic E-state index is 0.